The van der Waals surface area contributed by atoms with Gasteiger partial charge in [0.1, 0.15) is 5.52 Å². The summed E-state index contributed by atoms with van der Waals surface area (Å²) < 4.78 is 7.34. The molecule has 1 aliphatic rings. The van der Waals surface area contributed by atoms with E-state index in [4.69, 9.17) is 4.74 Å². The van der Waals surface area contributed by atoms with E-state index in [-0.39, 0.29) is 11.8 Å². The van der Waals surface area contributed by atoms with E-state index in [0.717, 1.165) is 67.9 Å². The van der Waals surface area contributed by atoms with Gasteiger partial charge in [0.25, 0.3) is 0 Å². The van der Waals surface area contributed by atoms with Crippen molar-refractivity contribution >= 4 is 22.6 Å². The van der Waals surface area contributed by atoms with Gasteiger partial charge in [-0.15, -0.1) is 0 Å². The van der Waals surface area contributed by atoms with Crippen LogP contribution < -0.4 is 10.2 Å². The average Bonchev–Trinajstić information content (AvgIpc) is 3.04. The first-order valence-electron chi connectivity index (χ1n) is 10.1. The highest BCUT2D eigenvalue weighted by Gasteiger charge is 2.27. The largest absolute Gasteiger partial charge is 0.382 e. The Bertz CT molecular complexity index is 765. The fourth-order valence-corrected chi connectivity index (χ4v) is 3.76. The summed E-state index contributed by atoms with van der Waals surface area (Å²) in [4.78, 5) is 19.3. The van der Waals surface area contributed by atoms with E-state index in [9.17, 15) is 4.79 Å². The second-order valence-corrected chi connectivity index (χ2v) is 7.03. The third-order valence-electron chi connectivity index (χ3n) is 5.26. The number of piperidine rings is 1. The number of hydrogen-bond donors (Lipinski definition) is 1. The molecule has 1 amide bonds. The molecule has 1 N–H and O–H groups in total. The van der Waals surface area contributed by atoms with Crippen LogP contribution in [0.3, 0.4) is 0 Å². The van der Waals surface area contributed by atoms with Crippen LogP contribution in [0, 0.1) is 12.8 Å². The Labute approximate surface area is 161 Å². The number of carbonyl (C=O) groups excluding carboxylic acids is 1. The van der Waals surface area contributed by atoms with Crippen LogP contribution in [-0.2, 0) is 16.1 Å². The van der Waals surface area contributed by atoms with Gasteiger partial charge >= 0.3 is 0 Å². The Morgan fingerprint density at radius 3 is 2.81 bits per heavy atom. The lowest BCUT2D eigenvalue weighted by Crippen LogP contribution is -2.41. The van der Waals surface area contributed by atoms with Gasteiger partial charge in [-0.05, 0) is 46.1 Å². The molecule has 0 aromatic carbocycles. The Kier molecular flexibility index (Phi) is 6.66. The van der Waals surface area contributed by atoms with Crippen molar-refractivity contribution in [1.29, 1.82) is 0 Å². The molecule has 148 valence electrons. The number of nitrogens with one attached hydrogen (secondary N) is 1. The van der Waals surface area contributed by atoms with E-state index >= 15 is 0 Å². The Morgan fingerprint density at radius 2 is 2.11 bits per heavy atom. The van der Waals surface area contributed by atoms with Crippen LogP contribution in [0.2, 0.25) is 0 Å². The lowest BCUT2D eigenvalue weighted by molar-refractivity contribution is -0.125. The lowest BCUT2D eigenvalue weighted by atomic mass is 9.95. The van der Waals surface area contributed by atoms with Crippen LogP contribution in [0.25, 0.3) is 10.9 Å². The number of aromatic nitrogens is 3. The molecule has 3 heterocycles. The molecule has 1 aliphatic heterocycles. The first kappa shape index (κ1) is 19.6. The van der Waals surface area contributed by atoms with Crippen LogP contribution in [-0.4, -0.2) is 53.5 Å². The number of aryl methyl sites for hydroxylation is 2. The standard InChI is InChI=1S/C20H31N5O2/c1-4-25-18-17(15(3)23-25)7-11-21-19(18)24-12-8-16(9-13-24)20(26)22-10-6-14-27-5-2/h7,11,16H,4-6,8-10,12-14H2,1-3H3,(H,22,26). The summed E-state index contributed by atoms with van der Waals surface area (Å²) in [5.41, 5.74) is 2.15. The number of amides is 1. The lowest BCUT2D eigenvalue weighted by Gasteiger charge is -2.32. The molecule has 7 heteroatoms. The van der Waals surface area contributed by atoms with Crippen molar-refractivity contribution in [2.24, 2.45) is 5.92 Å². The van der Waals surface area contributed by atoms with E-state index in [2.05, 4.69) is 27.2 Å². The number of ether oxygens (including phenoxy) is 1. The summed E-state index contributed by atoms with van der Waals surface area (Å²) in [5.74, 6) is 1.25. The maximum atomic E-state index is 12.4. The molecule has 3 rings (SSSR count). The first-order chi connectivity index (χ1) is 13.2. The fourth-order valence-electron chi connectivity index (χ4n) is 3.76. The van der Waals surface area contributed by atoms with E-state index < -0.39 is 0 Å². The number of anilines is 1. The minimum absolute atomic E-state index is 0.0883. The summed E-state index contributed by atoms with van der Waals surface area (Å²) in [6.07, 6.45) is 4.44. The summed E-state index contributed by atoms with van der Waals surface area (Å²) >= 11 is 0. The van der Waals surface area contributed by atoms with Crippen LogP contribution >= 0.6 is 0 Å². The number of pyridine rings is 1. The van der Waals surface area contributed by atoms with E-state index in [1.165, 1.54) is 0 Å². The Balaban J connectivity index is 1.60. The zero-order valence-electron chi connectivity index (χ0n) is 16.7. The topological polar surface area (TPSA) is 72.3 Å². The summed E-state index contributed by atoms with van der Waals surface area (Å²) in [6.45, 7) is 10.8. The molecule has 0 bridgehead atoms. The third-order valence-corrected chi connectivity index (χ3v) is 5.26. The maximum absolute atomic E-state index is 12.4. The normalized spacial score (nSPS) is 15.4. The number of fused-ring (bicyclic) bond motifs is 1. The molecule has 0 saturated carbocycles. The molecule has 1 saturated heterocycles. The van der Waals surface area contributed by atoms with Gasteiger partial charge < -0.3 is 15.0 Å². The first-order valence-corrected chi connectivity index (χ1v) is 10.1. The van der Waals surface area contributed by atoms with Crippen LogP contribution in [0.4, 0.5) is 5.82 Å². The zero-order chi connectivity index (χ0) is 19.2. The van der Waals surface area contributed by atoms with Gasteiger partial charge in [-0.2, -0.15) is 5.10 Å². The fraction of sp³-hybridized carbons (Fsp3) is 0.650. The molecule has 2 aromatic heterocycles. The van der Waals surface area contributed by atoms with Crippen molar-refractivity contribution in [3.8, 4) is 0 Å². The summed E-state index contributed by atoms with van der Waals surface area (Å²) in [7, 11) is 0. The number of carbonyl (C=O) groups is 1. The van der Waals surface area contributed by atoms with Crippen molar-refractivity contribution in [2.45, 2.75) is 46.6 Å². The number of hydrogen-bond acceptors (Lipinski definition) is 5. The minimum Gasteiger partial charge on any atom is -0.382 e. The second-order valence-electron chi connectivity index (χ2n) is 7.03. The van der Waals surface area contributed by atoms with E-state index in [1.807, 2.05) is 30.8 Å². The van der Waals surface area contributed by atoms with Gasteiger partial charge in [-0.25, -0.2) is 4.98 Å². The SMILES string of the molecule is CCOCCCNC(=O)C1CCN(c2nccc3c(C)nn(CC)c23)CC1. The smallest absolute Gasteiger partial charge is 0.223 e. The third kappa shape index (κ3) is 4.40. The van der Waals surface area contributed by atoms with Gasteiger partial charge in [0.15, 0.2) is 5.82 Å². The molecule has 0 unspecified atom stereocenters. The molecule has 1 fully saturated rings. The van der Waals surface area contributed by atoms with Crippen LogP contribution in [0.1, 0.15) is 38.8 Å². The summed E-state index contributed by atoms with van der Waals surface area (Å²) in [6, 6.07) is 2.04. The Morgan fingerprint density at radius 1 is 1.33 bits per heavy atom. The molecule has 27 heavy (non-hydrogen) atoms. The van der Waals surface area contributed by atoms with Gasteiger partial charge in [0, 0.05) is 56.9 Å². The summed E-state index contributed by atoms with van der Waals surface area (Å²) in [5, 5.41) is 8.85. The van der Waals surface area contributed by atoms with E-state index in [0.29, 0.717) is 13.2 Å². The highest BCUT2D eigenvalue weighted by Crippen LogP contribution is 2.30. The quantitative estimate of drug-likeness (QED) is 0.720. The number of rotatable bonds is 8. The second kappa shape index (κ2) is 9.17. The highest BCUT2D eigenvalue weighted by atomic mass is 16.5. The monoisotopic (exact) mass is 373 g/mol. The van der Waals surface area contributed by atoms with Crippen molar-refractivity contribution in [1.82, 2.24) is 20.1 Å². The molecule has 0 aliphatic carbocycles. The van der Waals surface area contributed by atoms with Gasteiger partial charge in [0.2, 0.25) is 5.91 Å². The number of nitrogens with zero attached hydrogens (tertiary/aromatic N) is 4. The molecule has 0 radical (unpaired) electrons. The van der Waals surface area contributed by atoms with Crippen molar-refractivity contribution in [3.05, 3.63) is 18.0 Å². The van der Waals surface area contributed by atoms with Gasteiger partial charge in [0.05, 0.1) is 5.69 Å². The molecule has 0 spiro atoms. The highest BCUT2D eigenvalue weighted by molar-refractivity contribution is 5.91. The van der Waals surface area contributed by atoms with Crippen molar-refractivity contribution in [2.75, 3.05) is 37.7 Å². The molecule has 2 aromatic rings. The predicted molar refractivity (Wildman–Crippen MR) is 107 cm³/mol. The Hall–Kier alpha value is -2.15. The average molecular weight is 374 g/mol. The van der Waals surface area contributed by atoms with Crippen molar-refractivity contribution in [3.63, 3.8) is 0 Å². The van der Waals surface area contributed by atoms with Gasteiger partial charge in [-0.3, -0.25) is 9.48 Å². The molecule has 7 nitrogen and oxygen atoms in total. The predicted octanol–water partition coefficient (Wildman–Crippen LogP) is 2.52. The molecular weight excluding hydrogens is 342 g/mol. The van der Waals surface area contributed by atoms with Crippen LogP contribution in [0.15, 0.2) is 12.3 Å². The molecule has 0 atom stereocenters. The maximum Gasteiger partial charge on any atom is 0.223 e. The molecular formula is C20H31N5O2. The van der Waals surface area contributed by atoms with E-state index in [1.54, 1.807) is 0 Å². The van der Waals surface area contributed by atoms with Crippen LogP contribution in [0.5, 0.6) is 0 Å². The van der Waals surface area contributed by atoms with Gasteiger partial charge in [-0.1, -0.05) is 0 Å². The van der Waals surface area contributed by atoms with Crippen molar-refractivity contribution < 1.29 is 9.53 Å². The minimum atomic E-state index is 0.0883. The zero-order valence-corrected chi connectivity index (χ0v) is 16.7.